The molecule has 21 heavy (non-hydrogen) atoms. The summed E-state index contributed by atoms with van der Waals surface area (Å²) in [5.74, 6) is 0. The predicted molar refractivity (Wildman–Crippen MR) is 84.4 cm³/mol. The minimum Gasteiger partial charge on any atom is -0.390 e. The number of hydrogen-bond acceptors (Lipinski definition) is 2. The van der Waals surface area contributed by atoms with Crippen molar-refractivity contribution in [2.45, 2.75) is 20.5 Å². The van der Waals surface area contributed by atoms with Gasteiger partial charge in [0.25, 0.3) is 0 Å². The van der Waals surface area contributed by atoms with Crippen molar-refractivity contribution in [3.05, 3.63) is 71.4 Å². The van der Waals surface area contributed by atoms with Gasteiger partial charge in [-0.15, -0.1) is 0 Å². The van der Waals surface area contributed by atoms with Crippen LogP contribution >= 0.6 is 0 Å². The Bertz CT molecular complexity index is 677. The lowest BCUT2D eigenvalue weighted by atomic mass is 10.1. The molecule has 0 saturated heterocycles. The van der Waals surface area contributed by atoms with Crippen molar-refractivity contribution >= 4 is 0 Å². The van der Waals surface area contributed by atoms with E-state index in [-0.39, 0.29) is 6.61 Å². The zero-order valence-corrected chi connectivity index (χ0v) is 12.2. The van der Waals surface area contributed by atoms with Crippen LogP contribution in [0.5, 0.6) is 0 Å². The molecule has 0 amide bonds. The number of rotatable bonds is 3. The van der Waals surface area contributed by atoms with Gasteiger partial charge < -0.3 is 5.11 Å². The molecule has 0 spiro atoms. The van der Waals surface area contributed by atoms with Gasteiger partial charge in [0.2, 0.25) is 0 Å². The zero-order valence-electron chi connectivity index (χ0n) is 12.2. The predicted octanol–water partition coefficient (Wildman–Crippen LogP) is 3.65. The quantitative estimate of drug-likeness (QED) is 0.794. The number of aromatic nitrogens is 2. The van der Waals surface area contributed by atoms with E-state index in [0.717, 1.165) is 16.9 Å². The van der Waals surface area contributed by atoms with Gasteiger partial charge in [0.05, 0.1) is 23.7 Å². The number of aryl methyl sites for hydroxylation is 2. The minimum absolute atomic E-state index is 0.0578. The van der Waals surface area contributed by atoms with Gasteiger partial charge in [0.15, 0.2) is 0 Å². The molecule has 0 aliphatic heterocycles. The minimum atomic E-state index is -0.0578. The van der Waals surface area contributed by atoms with E-state index in [1.165, 1.54) is 11.1 Å². The van der Waals surface area contributed by atoms with Crippen molar-refractivity contribution in [2.24, 2.45) is 0 Å². The summed E-state index contributed by atoms with van der Waals surface area (Å²) in [6, 6.07) is 18.5. The molecule has 3 nitrogen and oxygen atoms in total. The first kappa shape index (κ1) is 13.6. The SMILES string of the molecule is Cc1ccc(-c2cc(CO)nn2-c2ccc(C)cc2)cc1. The van der Waals surface area contributed by atoms with Crippen molar-refractivity contribution in [1.82, 2.24) is 9.78 Å². The van der Waals surface area contributed by atoms with E-state index in [4.69, 9.17) is 0 Å². The Hall–Kier alpha value is -2.39. The molecule has 3 rings (SSSR count). The summed E-state index contributed by atoms with van der Waals surface area (Å²) in [5, 5.41) is 13.9. The summed E-state index contributed by atoms with van der Waals surface area (Å²) in [5.41, 5.74) is 6.19. The first-order chi connectivity index (χ1) is 10.2. The maximum Gasteiger partial charge on any atom is 0.0889 e. The van der Waals surface area contributed by atoms with Crippen LogP contribution in [0.1, 0.15) is 16.8 Å². The number of nitrogens with zero attached hydrogens (tertiary/aromatic N) is 2. The van der Waals surface area contributed by atoms with Crippen LogP contribution in [0.4, 0.5) is 0 Å². The average molecular weight is 278 g/mol. The fourth-order valence-corrected chi connectivity index (χ4v) is 2.32. The van der Waals surface area contributed by atoms with E-state index >= 15 is 0 Å². The fourth-order valence-electron chi connectivity index (χ4n) is 2.32. The third-order valence-corrected chi connectivity index (χ3v) is 3.55. The summed E-state index contributed by atoms with van der Waals surface area (Å²) in [7, 11) is 0. The molecule has 3 aromatic rings. The second-order valence-electron chi connectivity index (χ2n) is 5.29. The summed E-state index contributed by atoms with van der Waals surface area (Å²) in [6.45, 7) is 4.07. The maximum atomic E-state index is 9.38. The molecule has 3 heteroatoms. The zero-order chi connectivity index (χ0) is 14.8. The lowest BCUT2D eigenvalue weighted by molar-refractivity contribution is 0.276. The molecule has 0 aliphatic carbocycles. The summed E-state index contributed by atoms with van der Waals surface area (Å²) in [6.07, 6.45) is 0. The number of aliphatic hydroxyl groups is 1. The first-order valence-corrected chi connectivity index (χ1v) is 7.01. The second kappa shape index (κ2) is 5.54. The smallest absolute Gasteiger partial charge is 0.0889 e. The van der Waals surface area contributed by atoms with Crippen molar-refractivity contribution in [3.8, 4) is 16.9 Å². The molecule has 0 fully saturated rings. The molecule has 1 N–H and O–H groups in total. The molecule has 0 bridgehead atoms. The van der Waals surface area contributed by atoms with Gasteiger partial charge in [-0.3, -0.25) is 0 Å². The highest BCUT2D eigenvalue weighted by atomic mass is 16.3. The van der Waals surface area contributed by atoms with Gasteiger partial charge in [-0.2, -0.15) is 5.10 Å². The largest absolute Gasteiger partial charge is 0.390 e. The molecule has 0 saturated carbocycles. The Morgan fingerprint density at radius 3 is 2.05 bits per heavy atom. The highest BCUT2D eigenvalue weighted by molar-refractivity contribution is 5.63. The Labute approximate surface area is 124 Å². The van der Waals surface area contributed by atoms with Crippen LogP contribution in [-0.2, 0) is 6.61 Å². The Morgan fingerprint density at radius 2 is 1.48 bits per heavy atom. The van der Waals surface area contributed by atoms with Gasteiger partial charge in [-0.1, -0.05) is 47.5 Å². The standard InChI is InChI=1S/C18H18N2O/c1-13-3-7-15(8-4-13)18-11-16(12-21)19-20(18)17-9-5-14(2)6-10-17/h3-11,21H,12H2,1-2H3. The van der Waals surface area contributed by atoms with Gasteiger partial charge in [-0.25, -0.2) is 4.68 Å². The van der Waals surface area contributed by atoms with Gasteiger partial charge in [0.1, 0.15) is 0 Å². The third-order valence-electron chi connectivity index (χ3n) is 3.55. The van der Waals surface area contributed by atoms with Crippen molar-refractivity contribution in [3.63, 3.8) is 0 Å². The Balaban J connectivity index is 2.13. The highest BCUT2D eigenvalue weighted by Gasteiger charge is 2.11. The van der Waals surface area contributed by atoms with Crippen molar-refractivity contribution in [1.29, 1.82) is 0 Å². The Morgan fingerprint density at radius 1 is 0.905 bits per heavy atom. The molecule has 1 heterocycles. The molecule has 106 valence electrons. The molecule has 1 aromatic heterocycles. The summed E-state index contributed by atoms with van der Waals surface area (Å²) in [4.78, 5) is 0. The molecule has 0 aliphatic rings. The molecule has 0 unspecified atom stereocenters. The second-order valence-corrected chi connectivity index (χ2v) is 5.29. The number of benzene rings is 2. The summed E-state index contributed by atoms with van der Waals surface area (Å²) >= 11 is 0. The van der Waals surface area contributed by atoms with E-state index in [1.54, 1.807) is 0 Å². The topological polar surface area (TPSA) is 38.1 Å². The molecule has 0 radical (unpaired) electrons. The molecular weight excluding hydrogens is 260 g/mol. The lowest BCUT2D eigenvalue weighted by Gasteiger charge is -2.08. The molecular formula is C18H18N2O. The Kier molecular flexibility index (Phi) is 3.59. The van der Waals surface area contributed by atoms with E-state index < -0.39 is 0 Å². The highest BCUT2D eigenvalue weighted by Crippen LogP contribution is 2.24. The van der Waals surface area contributed by atoms with Crippen LogP contribution < -0.4 is 0 Å². The normalized spacial score (nSPS) is 10.8. The van der Waals surface area contributed by atoms with Crippen LogP contribution in [0.3, 0.4) is 0 Å². The van der Waals surface area contributed by atoms with Crippen LogP contribution in [0.25, 0.3) is 16.9 Å². The van der Waals surface area contributed by atoms with E-state index in [2.05, 4.69) is 55.3 Å². The average Bonchev–Trinajstić information content (AvgIpc) is 2.93. The third kappa shape index (κ3) is 2.73. The molecule has 2 aromatic carbocycles. The lowest BCUT2D eigenvalue weighted by Crippen LogP contribution is -1.99. The van der Waals surface area contributed by atoms with Crippen LogP contribution in [0.2, 0.25) is 0 Å². The van der Waals surface area contributed by atoms with Crippen LogP contribution in [0.15, 0.2) is 54.6 Å². The van der Waals surface area contributed by atoms with Crippen LogP contribution in [-0.4, -0.2) is 14.9 Å². The number of aliphatic hydroxyl groups excluding tert-OH is 1. The monoisotopic (exact) mass is 278 g/mol. The van der Waals surface area contributed by atoms with E-state index in [0.29, 0.717) is 5.69 Å². The fraction of sp³-hybridized carbons (Fsp3) is 0.167. The van der Waals surface area contributed by atoms with Crippen molar-refractivity contribution < 1.29 is 5.11 Å². The van der Waals surface area contributed by atoms with Crippen molar-refractivity contribution in [2.75, 3.05) is 0 Å². The summed E-state index contributed by atoms with van der Waals surface area (Å²) < 4.78 is 1.88. The molecule has 0 atom stereocenters. The van der Waals surface area contributed by atoms with Gasteiger partial charge in [-0.05, 0) is 32.0 Å². The van der Waals surface area contributed by atoms with Gasteiger partial charge in [0, 0.05) is 5.56 Å². The van der Waals surface area contributed by atoms with E-state index in [9.17, 15) is 5.11 Å². The van der Waals surface area contributed by atoms with Crippen LogP contribution in [0, 0.1) is 13.8 Å². The first-order valence-electron chi connectivity index (χ1n) is 7.01. The number of hydrogen-bond donors (Lipinski definition) is 1. The maximum absolute atomic E-state index is 9.38. The van der Waals surface area contributed by atoms with E-state index in [1.807, 2.05) is 22.9 Å². The van der Waals surface area contributed by atoms with Gasteiger partial charge >= 0.3 is 0 Å².